The molecule has 0 atom stereocenters. The number of hydrogen-bond donors (Lipinski definition) is 1. The van der Waals surface area contributed by atoms with Gasteiger partial charge < -0.3 is 5.11 Å². The number of sulfonamides is 1. The molecule has 0 spiro atoms. The highest BCUT2D eigenvalue weighted by Crippen LogP contribution is 2.20. The van der Waals surface area contributed by atoms with Gasteiger partial charge in [0.1, 0.15) is 5.75 Å². The summed E-state index contributed by atoms with van der Waals surface area (Å²) in [6.45, 7) is 5.35. The molecule has 120 valence electrons. The van der Waals surface area contributed by atoms with E-state index in [-0.39, 0.29) is 10.6 Å². The summed E-state index contributed by atoms with van der Waals surface area (Å²) in [5.74, 6) is 0.0810. The molecule has 0 aromatic heterocycles. The van der Waals surface area contributed by atoms with E-state index in [1.807, 2.05) is 0 Å². The van der Waals surface area contributed by atoms with E-state index in [1.165, 1.54) is 24.3 Å². The molecule has 1 N–H and O–H groups in total. The summed E-state index contributed by atoms with van der Waals surface area (Å²) in [5.41, 5.74) is 0. The predicted octanol–water partition coefficient (Wildman–Crippen LogP) is 3.76. The van der Waals surface area contributed by atoms with E-state index in [9.17, 15) is 13.5 Å². The van der Waals surface area contributed by atoms with Gasteiger partial charge in [-0.05, 0) is 37.1 Å². The van der Waals surface area contributed by atoms with Crippen LogP contribution in [0.4, 0.5) is 0 Å². The molecular weight excluding hydrogens is 286 g/mol. The topological polar surface area (TPSA) is 57.6 Å². The molecule has 0 heterocycles. The molecule has 4 nitrogen and oxygen atoms in total. The second-order valence-corrected chi connectivity index (χ2v) is 7.25. The Labute approximate surface area is 128 Å². The summed E-state index contributed by atoms with van der Waals surface area (Å²) in [6, 6.07) is 5.78. The third-order valence-electron chi connectivity index (χ3n) is 3.50. The molecule has 0 unspecified atom stereocenters. The quantitative estimate of drug-likeness (QED) is 0.669. The van der Waals surface area contributed by atoms with E-state index >= 15 is 0 Å². The Balaban J connectivity index is 2.84. The number of phenolic OH excluding ortho intramolecular Hbond substituents is 1. The van der Waals surface area contributed by atoms with Crippen molar-refractivity contribution in [3.05, 3.63) is 24.3 Å². The van der Waals surface area contributed by atoms with Crippen molar-refractivity contribution in [1.82, 2.24) is 4.31 Å². The third-order valence-corrected chi connectivity index (χ3v) is 5.41. The molecule has 0 aliphatic carbocycles. The molecular formula is C16H27NO3S. The van der Waals surface area contributed by atoms with Crippen molar-refractivity contribution < 1.29 is 13.5 Å². The normalized spacial score (nSPS) is 12.0. The van der Waals surface area contributed by atoms with Crippen LogP contribution in [-0.2, 0) is 10.0 Å². The average Bonchev–Trinajstić information content (AvgIpc) is 2.46. The maximum atomic E-state index is 12.7. The SMILES string of the molecule is CCCCCN(CCCCC)S(=O)(=O)c1ccc(O)cc1. The van der Waals surface area contributed by atoms with Crippen molar-refractivity contribution in [2.45, 2.75) is 57.3 Å². The lowest BCUT2D eigenvalue weighted by molar-refractivity contribution is 0.388. The van der Waals surface area contributed by atoms with Crippen molar-refractivity contribution in [2.24, 2.45) is 0 Å². The van der Waals surface area contributed by atoms with Crippen LogP contribution in [0.5, 0.6) is 5.75 Å². The summed E-state index contributed by atoms with van der Waals surface area (Å²) in [4.78, 5) is 0.258. The minimum atomic E-state index is -3.46. The summed E-state index contributed by atoms with van der Waals surface area (Å²) < 4.78 is 26.9. The average molecular weight is 313 g/mol. The number of benzene rings is 1. The first-order valence-corrected chi connectivity index (χ1v) is 9.25. The first-order valence-electron chi connectivity index (χ1n) is 7.81. The lowest BCUT2D eigenvalue weighted by atomic mass is 10.2. The predicted molar refractivity (Wildman–Crippen MR) is 85.9 cm³/mol. The third kappa shape index (κ3) is 5.67. The summed E-state index contributed by atoms with van der Waals surface area (Å²) >= 11 is 0. The van der Waals surface area contributed by atoms with Gasteiger partial charge in [-0.1, -0.05) is 39.5 Å². The fourth-order valence-corrected chi connectivity index (χ4v) is 3.71. The van der Waals surface area contributed by atoms with E-state index in [2.05, 4.69) is 13.8 Å². The zero-order valence-corrected chi connectivity index (χ0v) is 13.9. The number of unbranched alkanes of at least 4 members (excludes halogenated alkanes) is 4. The van der Waals surface area contributed by atoms with E-state index in [1.54, 1.807) is 4.31 Å². The van der Waals surface area contributed by atoms with Gasteiger partial charge in [-0.3, -0.25) is 0 Å². The zero-order valence-electron chi connectivity index (χ0n) is 13.1. The van der Waals surface area contributed by atoms with Gasteiger partial charge >= 0.3 is 0 Å². The number of phenols is 1. The molecule has 0 saturated heterocycles. The van der Waals surface area contributed by atoms with Crippen LogP contribution in [0.1, 0.15) is 52.4 Å². The molecule has 0 aliphatic rings. The maximum absolute atomic E-state index is 12.7. The Morgan fingerprint density at radius 1 is 0.905 bits per heavy atom. The van der Waals surface area contributed by atoms with Crippen molar-refractivity contribution in [2.75, 3.05) is 13.1 Å². The van der Waals surface area contributed by atoms with Gasteiger partial charge in [-0.25, -0.2) is 8.42 Å². The highest BCUT2D eigenvalue weighted by atomic mass is 32.2. The minimum Gasteiger partial charge on any atom is -0.508 e. The number of hydrogen-bond acceptors (Lipinski definition) is 3. The Hall–Kier alpha value is -1.07. The van der Waals surface area contributed by atoms with Crippen LogP contribution in [0.2, 0.25) is 0 Å². The van der Waals surface area contributed by atoms with Gasteiger partial charge in [0.05, 0.1) is 4.90 Å². The van der Waals surface area contributed by atoms with Crippen molar-refractivity contribution in [3.63, 3.8) is 0 Å². The fourth-order valence-electron chi connectivity index (χ4n) is 2.20. The second-order valence-electron chi connectivity index (χ2n) is 5.31. The summed E-state index contributed by atoms with van der Waals surface area (Å²) in [6.07, 6.45) is 5.99. The number of rotatable bonds is 10. The molecule has 0 radical (unpaired) electrons. The minimum absolute atomic E-state index is 0.0810. The highest BCUT2D eigenvalue weighted by molar-refractivity contribution is 7.89. The largest absolute Gasteiger partial charge is 0.508 e. The maximum Gasteiger partial charge on any atom is 0.243 e. The fraction of sp³-hybridized carbons (Fsp3) is 0.625. The van der Waals surface area contributed by atoms with Gasteiger partial charge in [0.2, 0.25) is 10.0 Å². The van der Waals surface area contributed by atoms with Crippen LogP contribution in [0.25, 0.3) is 0 Å². The smallest absolute Gasteiger partial charge is 0.243 e. The van der Waals surface area contributed by atoms with E-state index in [0.29, 0.717) is 13.1 Å². The molecule has 0 amide bonds. The van der Waals surface area contributed by atoms with Gasteiger partial charge in [-0.15, -0.1) is 0 Å². The lowest BCUT2D eigenvalue weighted by Crippen LogP contribution is -2.33. The van der Waals surface area contributed by atoms with Gasteiger partial charge in [-0.2, -0.15) is 4.31 Å². The van der Waals surface area contributed by atoms with Crippen molar-refractivity contribution >= 4 is 10.0 Å². The van der Waals surface area contributed by atoms with Gasteiger partial charge in [0.25, 0.3) is 0 Å². The molecule has 0 aliphatic heterocycles. The first-order chi connectivity index (χ1) is 10.0. The zero-order chi connectivity index (χ0) is 15.7. The number of nitrogens with zero attached hydrogens (tertiary/aromatic N) is 1. The molecule has 1 rings (SSSR count). The molecule has 0 fully saturated rings. The Morgan fingerprint density at radius 2 is 1.38 bits per heavy atom. The lowest BCUT2D eigenvalue weighted by Gasteiger charge is -2.22. The number of aromatic hydroxyl groups is 1. The Bertz CT molecular complexity index is 487. The molecule has 1 aromatic carbocycles. The van der Waals surface area contributed by atoms with Crippen LogP contribution in [0.3, 0.4) is 0 Å². The van der Waals surface area contributed by atoms with E-state index in [0.717, 1.165) is 38.5 Å². The molecule has 5 heteroatoms. The first kappa shape index (κ1) is 18.0. The monoisotopic (exact) mass is 313 g/mol. The second kappa shape index (κ2) is 9.05. The van der Waals surface area contributed by atoms with Crippen LogP contribution >= 0.6 is 0 Å². The molecule has 21 heavy (non-hydrogen) atoms. The molecule has 0 bridgehead atoms. The molecule has 0 saturated carbocycles. The summed E-state index contributed by atoms with van der Waals surface area (Å²) in [5, 5.41) is 9.30. The van der Waals surface area contributed by atoms with Crippen LogP contribution in [-0.4, -0.2) is 30.9 Å². The van der Waals surface area contributed by atoms with Crippen LogP contribution in [0, 0.1) is 0 Å². The standard InChI is InChI=1S/C16H27NO3S/c1-3-5-7-13-17(14-8-6-4-2)21(19,20)16-11-9-15(18)10-12-16/h9-12,18H,3-8,13-14H2,1-2H3. The van der Waals surface area contributed by atoms with Crippen molar-refractivity contribution in [3.8, 4) is 5.75 Å². The van der Waals surface area contributed by atoms with Crippen molar-refractivity contribution in [1.29, 1.82) is 0 Å². The van der Waals surface area contributed by atoms with Gasteiger partial charge in [0.15, 0.2) is 0 Å². The Kier molecular flexibility index (Phi) is 7.75. The van der Waals surface area contributed by atoms with Gasteiger partial charge in [0, 0.05) is 13.1 Å². The Morgan fingerprint density at radius 3 is 1.81 bits per heavy atom. The summed E-state index contributed by atoms with van der Waals surface area (Å²) in [7, 11) is -3.46. The van der Waals surface area contributed by atoms with E-state index in [4.69, 9.17) is 0 Å². The van der Waals surface area contributed by atoms with Crippen LogP contribution < -0.4 is 0 Å². The highest BCUT2D eigenvalue weighted by Gasteiger charge is 2.23. The molecule has 1 aromatic rings. The van der Waals surface area contributed by atoms with E-state index < -0.39 is 10.0 Å². The van der Waals surface area contributed by atoms with Crippen LogP contribution in [0.15, 0.2) is 29.2 Å².